The van der Waals surface area contributed by atoms with Crippen LogP contribution < -0.4 is 16.4 Å². The number of benzene rings is 1. The van der Waals surface area contributed by atoms with Gasteiger partial charge in [-0.1, -0.05) is 18.5 Å². The number of nitrogen functional groups attached to an aromatic ring is 1. The Kier molecular flexibility index (Phi) is 5.96. The summed E-state index contributed by atoms with van der Waals surface area (Å²) in [5, 5.41) is 6.65. The highest BCUT2D eigenvalue weighted by atomic mass is 35.5. The van der Waals surface area contributed by atoms with Gasteiger partial charge in [0.1, 0.15) is 0 Å². The van der Waals surface area contributed by atoms with Gasteiger partial charge < -0.3 is 16.4 Å². The summed E-state index contributed by atoms with van der Waals surface area (Å²) in [4.78, 5) is 11.6. The van der Waals surface area contributed by atoms with Gasteiger partial charge in [0.15, 0.2) is 0 Å². The Labute approximate surface area is 119 Å². The predicted octanol–water partition coefficient (Wildman–Crippen LogP) is 2.95. The number of amides is 1. The third kappa shape index (κ3) is 4.99. The summed E-state index contributed by atoms with van der Waals surface area (Å²) in [7, 11) is 0. The number of hydrogen-bond acceptors (Lipinski definition) is 3. The molecule has 19 heavy (non-hydrogen) atoms. The molecule has 1 unspecified atom stereocenters. The summed E-state index contributed by atoms with van der Waals surface area (Å²) in [5.74, 6) is 0.0565. The maximum atomic E-state index is 11.6. The van der Waals surface area contributed by atoms with Crippen molar-refractivity contribution < 1.29 is 4.79 Å². The van der Waals surface area contributed by atoms with Crippen molar-refractivity contribution in [3.63, 3.8) is 0 Å². The van der Waals surface area contributed by atoms with E-state index in [1.165, 1.54) is 0 Å². The fourth-order valence-electron chi connectivity index (χ4n) is 1.65. The molecule has 1 amide bonds. The van der Waals surface area contributed by atoms with E-state index >= 15 is 0 Å². The van der Waals surface area contributed by atoms with Crippen LogP contribution in [-0.4, -0.2) is 18.5 Å². The first-order valence-corrected chi connectivity index (χ1v) is 6.90. The molecule has 0 saturated carbocycles. The third-order valence-corrected chi connectivity index (χ3v) is 3.36. The van der Waals surface area contributed by atoms with E-state index in [-0.39, 0.29) is 11.9 Å². The maximum absolute atomic E-state index is 11.6. The number of halogens is 1. The van der Waals surface area contributed by atoms with Crippen molar-refractivity contribution >= 4 is 28.9 Å². The largest absolute Gasteiger partial charge is 0.398 e. The Morgan fingerprint density at radius 1 is 1.47 bits per heavy atom. The van der Waals surface area contributed by atoms with Crippen molar-refractivity contribution in [1.29, 1.82) is 0 Å². The normalized spacial score (nSPS) is 12.0. The minimum Gasteiger partial charge on any atom is -0.398 e. The summed E-state index contributed by atoms with van der Waals surface area (Å²) in [6.45, 7) is 6.57. The van der Waals surface area contributed by atoms with Crippen LogP contribution in [0.1, 0.15) is 32.3 Å². The van der Waals surface area contributed by atoms with Crippen LogP contribution in [0.5, 0.6) is 0 Å². The molecule has 0 heterocycles. The Morgan fingerprint density at radius 2 is 2.16 bits per heavy atom. The molecule has 0 aliphatic carbocycles. The van der Waals surface area contributed by atoms with Gasteiger partial charge in [-0.15, -0.1) is 0 Å². The molecule has 0 aromatic heterocycles. The molecular formula is C14H22ClN3O. The quantitative estimate of drug-likeness (QED) is 0.703. The monoisotopic (exact) mass is 283 g/mol. The van der Waals surface area contributed by atoms with E-state index in [1.807, 2.05) is 26.8 Å². The molecule has 4 N–H and O–H groups in total. The van der Waals surface area contributed by atoms with Crippen molar-refractivity contribution in [3.05, 3.63) is 22.7 Å². The zero-order chi connectivity index (χ0) is 14.4. The van der Waals surface area contributed by atoms with E-state index in [4.69, 9.17) is 17.3 Å². The number of rotatable bonds is 6. The smallest absolute Gasteiger partial charge is 0.221 e. The molecule has 1 atom stereocenters. The van der Waals surface area contributed by atoms with Crippen molar-refractivity contribution in [3.8, 4) is 0 Å². The van der Waals surface area contributed by atoms with Gasteiger partial charge in [-0.3, -0.25) is 4.79 Å². The molecule has 0 saturated heterocycles. The number of carbonyl (C=O) groups is 1. The molecule has 1 aromatic carbocycles. The van der Waals surface area contributed by atoms with Crippen LogP contribution in [0.25, 0.3) is 0 Å². The molecule has 0 fully saturated rings. The molecular weight excluding hydrogens is 262 g/mol. The number of nitrogens with two attached hydrogens (primary N) is 1. The van der Waals surface area contributed by atoms with E-state index < -0.39 is 0 Å². The minimum atomic E-state index is 0.0565. The van der Waals surface area contributed by atoms with Crippen LogP contribution in [0.4, 0.5) is 11.4 Å². The Morgan fingerprint density at radius 3 is 2.79 bits per heavy atom. The Hall–Kier alpha value is -1.42. The molecule has 1 rings (SSSR count). The van der Waals surface area contributed by atoms with Crippen LogP contribution >= 0.6 is 11.6 Å². The molecule has 0 bridgehead atoms. The molecule has 0 radical (unpaired) electrons. The van der Waals surface area contributed by atoms with E-state index in [0.717, 1.165) is 17.7 Å². The van der Waals surface area contributed by atoms with E-state index in [1.54, 1.807) is 6.07 Å². The van der Waals surface area contributed by atoms with Gasteiger partial charge in [-0.05, 0) is 38.0 Å². The second-order valence-corrected chi connectivity index (χ2v) is 5.15. The van der Waals surface area contributed by atoms with Crippen LogP contribution in [0, 0.1) is 6.92 Å². The number of aryl methyl sites for hydroxylation is 1. The fourth-order valence-corrected chi connectivity index (χ4v) is 1.82. The first kappa shape index (κ1) is 15.6. The average Bonchev–Trinajstić information content (AvgIpc) is 2.35. The summed E-state index contributed by atoms with van der Waals surface area (Å²) in [6.07, 6.45) is 1.37. The fraction of sp³-hybridized carbons (Fsp3) is 0.500. The molecule has 1 aromatic rings. The van der Waals surface area contributed by atoms with E-state index in [0.29, 0.717) is 23.7 Å². The zero-order valence-corrected chi connectivity index (χ0v) is 12.5. The van der Waals surface area contributed by atoms with Crippen LogP contribution in [-0.2, 0) is 4.79 Å². The summed E-state index contributed by atoms with van der Waals surface area (Å²) in [5.41, 5.74) is 8.21. The first-order valence-electron chi connectivity index (χ1n) is 6.52. The maximum Gasteiger partial charge on any atom is 0.221 e. The van der Waals surface area contributed by atoms with Crippen LogP contribution in [0.15, 0.2) is 12.1 Å². The SMILES string of the molecule is CCC(C)NC(=O)CCNc1cc(Cl)c(N)cc1C. The second-order valence-electron chi connectivity index (χ2n) is 4.74. The lowest BCUT2D eigenvalue weighted by Gasteiger charge is -2.13. The lowest BCUT2D eigenvalue weighted by atomic mass is 10.1. The first-order chi connectivity index (χ1) is 8.93. The summed E-state index contributed by atoms with van der Waals surface area (Å²) in [6, 6.07) is 3.84. The zero-order valence-electron chi connectivity index (χ0n) is 11.7. The molecule has 0 aliphatic rings. The lowest BCUT2D eigenvalue weighted by molar-refractivity contribution is -0.121. The summed E-state index contributed by atoms with van der Waals surface area (Å²) >= 11 is 5.97. The van der Waals surface area contributed by atoms with Crippen LogP contribution in [0.3, 0.4) is 0 Å². The van der Waals surface area contributed by atoms with Gasteiger partial charge in [-0.25, -0.2) is 0 Å². The highest BCUT2D eigenvalue weighted by Crippen LogP contribution is 2.26. The van der Waals surface area contributed by atoms with Crippen molar-refractivity contribution in [2.24, 2.45) is 0 Å². The highest BCUT2D eigenvalue weighted by Gasteiger charge is 2.06. The van der Waals surface area contributed by atoms with Gasteiger partial charge in [0.2, 0.25) is 5.91 Å². The van der Waals surface area contributed by atoms with Gasteiger partial charge in [0, 0.05) is 24.7 Å². The standard InChI is InChI=1S/C14H22ClN3O/c1-4-10(3)18-14(19)5-6-17-13-8-11(15)12(16)7-9(13)2/h7-8,10,17H,4-6,16H2,1-3H3,(H,18,19). The van der Waals surface area contributed by atoms with E-state index in [9.17, 15) is 4.79 Å². The topological polar surface area (TPSA) is 67.2 Å². The third-order valence-electron chi connectivity index (χ3n) is 3.03. The summed E-state index contributed by atoms with van der Waals surface area (Å²) < 4.78 is 0. The van der Waals surface area contributed by atoms with Crippen molar-refractivity contribution in [2.45, 2.75) is 39.7 Å². The number of carbonyl (C=O) groups excluding carboxylic acids is 1. The molecule has 5 heteroatoms. The number of anilines is 2. The van der Waals surface area contributed by atoms with E-state index in [2.05, 4.69) is 10.6 Å². The second kappa shape index (κ2) is 7.24. The molecule has 0 spiro atoms. The highest BCUT2D eigenvalue weighted by molar-refractivity contribution is 6.33. The Bertz CT molecular complexity index is 449. The molecule has 0 aliphatic heterocycles. The number of nitrogens with one attached hydrogen (secondary N) is 2. The van der Waals surface area contributed by atoms with Gasteiger partial charge in [-0.2, -0.15) is 0 Å². The lowest BCUT2D eigenvalue weighted by Crippen LogP contribution is -2.32. The molecule has 106 valence electrons. The van der Waals surface area contributed by atoms with Crippen molar-refractivity contribution in [2.75, 3.05) is 17.6 Å². The predicted molar refractivity (Wildman–Crippen MR) is 81.6 cm³/mol. The minimum absolute atomic E-state index is 0.0565. The number of hydrogen-bond donors (Lipinski definition) is 3. The average molecular weight is 284 g/mol. The van der Waals surface area contributed by atoms with Gasteiger partial charge >= 0.3 is 0 Å². The molecule has 4 nitrogen and oxygen atoms in total. The van der Waals surface area contributed by atoms with Crippen molar-refractivity contribution in [1.82, 2.24) is 5.32 Å². The van der Waals surface area contributed by atoms with Crippen LogP contribution in [0.2, 0.25) is 5.02 Å². The van der Waals surface area contributed by atoms with Gasteiger partial charge in [0.05, 0.1) is 10.7 Å². The van der Waals surface area contributed by atoms with Gasteiger partial charge in [0.25, 0.3) is 0 Å². The Balaban J connectivity index is 2.45.